The molecule has 4 aromatic heterocycles. The van der Waals surface area contributed by atoms with Crippen molar-refractivity contribution in [2.24, 2.45) is 7.05 Å². The Bertz CT molecular complexity index is 2080. The van der Waals surface area contributed by atoms with E-state index in [-0.39, 0.29) is 11.5 Å². The molecule has 2 aromatic carbocycles. The number of carbonyl (C=O) groups is 1. The van der Waals surface area contributed by atoms with E-state index >= 15 is 0 Å². The Hall–Kier alpha value is -5.56. The molecule has 6 aromatic rings. The molecule has 0 saturated heterocycles. The van der Waals surface area contributed by atoms with Gasteiger partial charge < -0.3 is 5.32 Å². The normalized spacial score (nSPS) is 11.8. The Labute approximate surface area is 235 Å². The van der Waals surface area contributed by atoms with Gasteiger partial charge in [0.05, 0.1) is 40.1 Å². The molecule has 0 radical (unpaired) electrons. The fourth-order valence-corrected chi connectivity index (χ4v) is 4.82. The molecule has 202 valence electrons. The van der Waals surface area contributed by atoms with Crippen molar-refractivity contribution in [2.45, 2.75) is 26.8 Å². The van der Waals surface area contributed by atoms with Gasteiger partial charge in [-0.2, -0.15) is 10.2 Å². The van der Waals surface area contributed by atoms with E-state index in [2.05, 4.69) is 32.3 Å². The van der Waals surface area contributed by atoms with Crippen LogP contribution >= 0.6 is 0 Å². The first-order valence-corrected chi connectivity index (χ1v) is 13.1. The maximum atomic E-state index is 14.2. The molecule has 4 heterocycles. The Morgan fingerprint density at radius 1 is 1.00 bits per heavy atom. The molecule has 0 aliphatic rings. The molecule has 10 nitrogen and oxygen atoms in total. The molecule has 1 N–H and O–H groups in total. The largest absolute Gasteiger partial charge is 0.342 e. The van der Waals surface area contributed by atoms with Crippen LogP contribution in [0, 0.1) is 25.7 Å². The summed E-state index contributed by atoms with van der Waals surface area (Å²) in [5.74, 6) is 6.24. The number of carbonyl (C=O) groups excluding carboxylic acids is 1. The molecule has 0 saturated carbocycles. The van der Waals surface area contributed by atoms with E-state index in [9.17, 15) is 9.59 Å². The van der Waals surface area contributed by atoms with Gasteiger partial charge in [0.2, 0.25) is 0 Å². The van der Waals surface area contributed by atoms with Crippen molar-refractivity contribution in [3.05, 3.63) is 117 Å². The monoisotopic (exact) mass is 542 g/mol. The van der Waals surface area contributed by atoms with Crippen molar-refractivity contribution < 1.29 is 4.79 Å². The standard InChI is InChI=1S/C31H26N8O2/c1-19-15-16-38-29(33-19)26(20(2)36-38)30(40)34-21(3)28-35-25-12-8-9-23(14-13-22-17-32-37(4)18-22)27(25)31(41)39(28)24-10-6-5-7-11-24/h5-12,15-18,21H,1-4H3,(H,34,40)/t21-/m0/s1. The van der Waals surface area contributed by atoms with E-state index in [1.54, 1.807) is 47.6 Å². The summed E-state index contributed by atoms with van der Waals surface area (Å²) in [6.07, 6.45) is 5.25. The lowest BCUT2D eigenvalue weighted by atomic mass is 10.1. The number of hydrogen-bond donors (Lipinski definition) is 1. The predicted molar refractivity (Wildman–Crippen MR) is 155 cm³/mol. The summed E-state index contributed by atoms with van der Waals surface area (Å²) >= 11 is 0. The number of benzene rings is 2. The van der Waals surface area contributed by atoms with Crippen LogP contribution in [-0.4, -0.2) is 39.8 Å². The van der Waals surface area contributed by atoms with Crippen LogP contribution in [0.1, 0.15) is 51.7 Å². The van der Waals surface area contributed by atoms with Crippen LogP contribution in [0.4, 0.5) is 0 Å². The average Bonchev–Trinajstić information content (AvgIpc) is 3.53. The summed E-state index contributed by atoms with van der Waals surface area (Å²) in [7, 11) is 1.82. The number of fused-ring (bicyclic) bond motifs is 2. The zero-order valence-electron chi connectivity index (χ0n) is 23.0. The second-order valence-corrected chi connectivity index (χ2v) is 9.79. The van der Waals surface area contributed by atoms with Crippen LogP contribution in [-0.2, 0) is 7.05 Å². The second kappa shape index (κ2) is 10.2. The average molecular weight is 543 g/mol. The first-order chi connectivity index (χ1) is 19.8. The fraction of sp³-hybridized carbons (Fsp3) is 0.161. The lowest BCUT2D eigenvalue weighted by molar-refractivity contribution is 0.0938. The van der Waals surface area contributed by atoms with Gasteiger partial charge in [0.1, 0.15) is 11.4 Å². The van der Waals surface area contributed by atoms with Gasteiger partial charge in [-0.25, -0.2) is 14.5 Å². The lowest BCUT2D eigenvalue weighted by Crippen LogP contribution is -2.33. The topological polar surface area (TPSA) is 112 Å². The summed E-state index contributed by atoms with van der Waals surface area (Å²) < 4.78 is 4.79. The molecular weight excluding hydrogens is 516 g/mol. The van der Waals surface area contributed by atoms with E-state index < -0.39 is 6.04 Å². The van der Waals surface area contributed by atoms with Gasteiger partial charge >= 0.3 is 0 Å². The van der Waals surface area contributed by atoms with E-state index in [1.807, 2.05) is 62.6 Å². The highest BCUT2D eigenvalue weighted by Gasteiger charge is 2.24. The summed E-state index contributed by atoms with van der Waals surface area (Å²) in [6.45, 7) is 5.43. The lowest BCUT2D eigenvalue weighted by Gasteiger charge is -2.20. The molecule has 10 heteroatoms. The van der Waals surface area contributed by atoms with E-state index in [0.717, 1.165) is 11.3 Å². The summed E-state index contributed by atoms with van der Waals surface area (Å²) in [4.78, 5) is 37.1. The molecule has 0 bridgehead atoms. The summed E-state index contributed by atoms with van der Waals surface area (Å²) in [5.41, 5.74) is 4.30. The van der Waals surface area contributed by atoms with Crippen LogP contribution in [0.15, 0.2) is 78.0 Å². The second-order valence-electron chi connectivity index (χ2n) is 9.79. The smallest absolute Gasteiger partial charge is 0.267 e. The molecule has 1 atom stereocenters. The highest BCUT2D eigenvalue weighted by Crippen LogP contribution is 2.22. The summed E-state index contributed by atoms with van der Waals surface area (Å²) in [5, 5.41) is 12.0. The zero-order chi connectivity index (χ0) is 28.7. The number of aryl methyl sites for hydroxylation is 3. The minimum atomic E-state index is -0.635. The minimum absolute atomic E-state index is 0.280. The summed E-state index contributed by atoms with van der Waals surface area (Å²) in [6, 6.07) is 15.8. The van der Waals surface area contributed by atoms with Gasteiger partial charge in [-0.05, 0) is 51.1 Å². The van der Waals surface area contributed by atoms with E-state index in [0.29, 0.717) is 44.9 Å². The third-order valence-electron chi connectivity index (χ3n) is 6.75. The number of nitrogens with one attached hydrogen (secondary N) is 1. The van der Waals surface area contributed by atoms with Crippen molar-refractivity contribution in [3.8, 4) is 17.5 Å². The van der Waals surface area contributed by atoms with Crippen molar-refractivity contribution in [3.63, 3.8) is 0 Å². The predicted octanol–water partition coefficient (Wildman–Crippen LogP) is 3.67. The molecular formula is C31H26N8O2. The van der Waals surface area contributed by atoms with E-state index in [4.69, 9.17) is 4.98 Å². The van der Waals surface area contributed by atoms with Crippen molar-refractivity contribution in [1.82, 2.24) is 39.2 Å². The molecule has 0 spiro atoms. The van der Waals surface area contributed by atoms with Gasteiger partial charge in [0.25, 0.3) is 11.5 Å². The SMILES string of the molecule is Cc1ccn2nc(C)c(C(=O)N[C@@H](C)c3nc4cccc(C#Cc5cnn(C)c5)c4c(=O)n3-c3ccccc3)c2n1. The number of hydrogen-bond acceptors (Lipinski definition) is 6. The minimum Gasteiger partial charge on any atom is -0.342 e. The maximum Gasteiger partial charge on any atom is 0.267 e. The number of aromatic nitrogens is 7. The maximum absolute atomic E-state index is 14.2. The third-order valence-corrected chi connectivity index (χ3v) is 6.75. The van der Waals surface area contributed by atoms with Crippen molar-refractivity contribution >= 4 is 22.5 Å². The van der Waals surface area contributed by atoms with Crippen molar-refractivity contribution in [1.29, 1.82) is 0 Å². The number of nitrogens with zero attached hydrogens (tertiary/aromatic N) is 7. The molecule has 41 heavy (non-hydrogen) atoms. The number of rotatable bonds is 4. The fourth-order valence-electron chi connectivity index (χ4n) is 4.82. The van der Waals surface area contributed by atoms with Gasteiger partial charge in [-0.15, -0.1) is 0 Å². The molecule has 6 rings (SSSR count). The first kappa shape index (κ1) is 25.7. The number of amides is 1. The molecule has 0 unspecified atom stereocenters. The molecule has 1 amide bonds. The van der Waals surface area contributed by atoms with Crippen LogP contribution < -0.4 is 10.9 Å². The first-order valence-electron chi connectivity index (χ1n) is 13.1. The molecule has 0 aliphatic carbocycles. The van der Waals surface area contributed by atoms with Gasteiger partial charge in [0, 0.05) is 30.7 Å². The van der Waals surface area contributed by atoms with Crippen LogP contribution in [0.2, 0.25) is 0 Å². The number of para-hydroxylation sites is 1. The van der Waals surface area contributed by atoms with Crippen molar-refractivity contribution in [2.75, 3.05) is 0 Å². The van der Waals surface area contributed by atoms with Crippen LogP contribution in [0.5, 0.6) is 0 Å². The Balaban J connectivity index is 1.47. The van der Waals surface area contributed by atoms with Gasteiger partial charge in [0.15, 0.2) is 5.65 Å². The molecule has 0 fully saturated rings. The Morgan fingerprint density at radius 2 is 1.80 bits per heavy atom. The Morgan fingerprint density at radius 3 is 2.56 bits per heavy atom. The third kappa shape index (κ3) is 4.74. The van der Waals surface area contributed by atoms with Gasteiger partial charge in [-0.1, -0.05) is 36.1 Å². The quantitative estimate of drug-likeness (QED) is 0.340. The highest BCUT2D eigenvalue weighted by molar-refractivity contribution is 6.01. The van der Waals surface area contributed by atoms with Crippen LogP contribution in [0.3, 0.4) is 0 Å². The van der Waals surface area contributed by atoms with E-state index in [1.165, 1.54) is 4.57 Å². The van der Waals surface area contributed by atoms with Gasteiger partial charge in [-0.3, -0.25) is 18.8 Å². The molecule has 0 aliphatic heterocycles. The zero-order valence-corrected chi connectivity index (χ0v) is 23.0. The van der Waals surface area contributed by atoms with Crippen LogP contribution in [0.25, 0.3) is 22.2 Å². The highest BCUT2D eigenvalue weighted by atomic mass is 16.2. The Kier molecular flexibility index (Phi) is 6.40.